The monoisotopic (exact) mass is 230 g/mol. The van der Waals surface area contributed by atoms with Gasteiger partial charge >= 0.3 is 5.97 Å². The molecule has 6 heteroatoms. The summed E-state index contributed by atoms with van der Waals surface area (Å²) in [4.78, 5) is 10.9. The number of aryl methyl sites for hydroxylation is 2. The summed E-state index contributed by atoms with van der Waals surface area (Å²) in [5.74, 6) is -0.874. The normalized spacial score (nSPS) is 12.7. The van der Waals surface area contributed by atoms with Gasteiger partial charge in [0.1, 0.15) is 5.25 Å². The fraction of sp³-hybridized carbons (Fsp3) is 0.556. The third-order valence-electron chi connectivity index (χ3n) is 1.82. The fourth-order valence-electron chi connectivity index (χ4n) is 1.15. The topological polar surface area (TPSA) is 64.4 Å². The molecule has 1 atom stereocenters. The zero-order chi connectivity index (χ0) is 11.4. The van der Waals surface area contributed by atoms with Crippen LogP contribution in [0.15, 0.2) is 11.1 Å². The summed E-state index contributed by atoms with van der Waals surface area (Å²) in [6, 6.07) is 1.86. The van der Waals surface area contributed by atoms with E-state index in [1.165, 1.54) is 18.9 Å². The summed E-state index contributed by atoms with van der Waals surface area (Å²) < 4.78 is 6.53. The smallest absolute Gasteiger partial charge is 0.319 e. The van der Waals surface area contributed by atoms with Crippen LogP contribution in [0.1, 0.15) is 5.69 Å². The number of carboxylic acid groups (broad SMARTS) is 1. The minimum Gasteiger partial charge on any atom is -0.480 e. The number of ether oxygens (including phenoxy) is 1. The van der Waals surface area contributed by atoms with Crippen LogP contribution in [0.25, 0.3) is 0 Å². The molecule has 1 aromatic heterocycles. The Bertz CT molecular complexity index is 351. The molecule has 0 fully saturated rings. The minimum atomic E-state index is -0.874. The first-order valence-electron chi connectivity index (χ1n) is 4.43. The molecule has 0 amide bonds. The molecule has 1 rings (SSSR count). The van der Waals surface area contributed by atoms with Crippen LogP contribution in [0, 0.1) is 6.92 Å². The van der Waals surface area contributed by atoms with Crippen LogP contribution < -0.4 is 0 Å². The van der Waals surface area contributed by atoms with Gasteiger partial charge in [-0.15, -0.1) is 0 Å². The van der Waals surface area contributed by atoms with E-state index in [2.05, 4.69) is 5.10 Å². The van der Waals surface area contributed by atoms with E-state index >= 15 is 0 Å². The Balaban J connectivity index is 2.73. The molecule has 5 nitrogen and oxygen atoms in total. The number of rotatable bonds is 5. The van der Waals surface area contributed by atoms with Crippen LogP contribution in [0.2, 0.25) is 0 Å². The highest BCUT2D eigenvalue weighted by molar-refractivity contribution is 8.00. The summed E-state index contributed by atoms with van der Waals surface area (Å²) in [6.07, 6.45) is 0. The highest BCUT2D eigenvalue weighted by Gasteiger charge is 2.20. The molecule has 0 aromatic carbocycles. The van der Waals surface area contributed by atoms with Crippen molar-refractivity contribution in [1.82, 2.24) is 9.78 Å². The Kier molecular flexibility index (Phi) is 4.16. The van der Waals surface area contributed by atoms with Crippen molar-refractivity contribution < 1.29 is 14.6 Å². The molecule has 0 aliphatic heterocycles. The number of thioether (sulfide) groups is 1. The second-order valence-electron chi connectivity index (χ2n) is 3.15. The third kappa shape index (κ3) is 3.24. The summed E-state index contributed by atoms with van der Waals surface area (Å²) >= 11 is 1.24. The summed E-state index contributed by atoms with van der Waals surface area (Å²) in [7, 11) is 3.28. The van der Waals surface area contributed by atoms with Crippen LogP contribution in [-0.2, 0) is 16.6 Å². The van der Waals surface area contributed by atoms with E-state index in [4.69, 9.17) is 9.84 Å². The summed E-state index contributed by atoms with van der Waals surface area (Å²) in [5, 5.41) is 13.3. The largest absolute Gasteiger partial charge is 0.480 e. The fourth-order valence-corrected chi connectivity index (χ4v) is 2.18. The lowest BCUT2D eigenvalue weighted by molar-refractivity contribution is -0.137. The maximum atomic E-state index is 10.9. The summed E-state index contributed by atoms with van der Waals surface area (Å²) in [6.45, 7) is 2.06. The van der Waals surface area contributed by atoms with Gasteiger partial charge in [-0.2, -0.15) is 5.10 Å². The van der Waals surface area contributed by atoms with E-state index in [0.717, 1.165) is 10.7 Å². The lowest BCUT2D eigenvalue weighted by Crippen LogP contribution is -2.22. The van der Waals surface area contributed by atoms with Crippen LogP contribution in [0.4, 0.5) is 0 Å². The molecule has 1 heterocycles. The number of aliphatic carboxylic acids is 1. The van der Waals surface area contributed by atoms with Gasteiger partial charge in [-0.05, 0) is 13.0 Å². The first-order valence-corrected chi connectivity index (χ1v) is 5.31. The van der Waals surface area contributed by atoms with Crippen molar-refractivity contribution in [3.63, 3.8) is 0 Å². The first-order chi connectivity index (χ1) is 7.04. The number of aromatic nitrogens is 2. The number of methoxy groups -OCH3 is 1. The second kappa shape index (κ2) is 5.18. The van der Waals surface area contributed by atoms with E-state index in [0.29, 0.717) is 0 Å². The zero-order valence-electron chi connectivity index (χ0n) is 8.93. The lowest BCUT2D eigenvalue weighted by Gasteiger charge is -2.10. The third-order valence-corrected chi connectivity index (χ3v) is 3.06. The Morgan fingerprint density at radius 2 is 2.47 bits per heavy atom. The van der Waals surface area contributed by atoms with Gasteiger partial charge in [-0.3, -0.25) is 9.48 Å². The molecular weight excluding hydrogens is 216 g/mol. The number of carboxylic acids is 1. The molecule has 0 bridgehead atoms. The molecule has 0 aliphatic carbocycles. The Morgan fingerprint density at radius 1 is 1.80 bits per heavy atom. The molecule has 0 saturated carbocycles. The number of nitrogens with zero attached hydrogens (tertiary/aromatic N) is 2. The maximum absolute atomic E-state index is 10.9. The van der Waals surface area contributed by atoms with Crippen molar-refractivity contribution in [1.29, 1.82) is 0 Å². The van der Waals surface area contributed by atoms with Crippen molar-refractivity contribution in [2.24, 2.45) is 7.05 Å². The Labute approximate surface area is 92.4 Å². The van der Waals surface area contributed by atoms with E-state index in [9.17, 15) is 4.79 Å². The van der Waals surface area contributed by atoms with Crippen molar-refractivity contribution in [3.05, 3.63) is 11.8 Å². The molecule has 0 radical (unpaired) electrons. The quantitative estimate of drug-likeness (QED) is 0.762. The summed E-state index contributed by atoms with van der Waals surface area (Å²) in [5.41, 5.74) is 0.876. The van der Waals surface area contributed by atoms with Gasteiger partial charge in [0.2, 0.25) is 0 Å². The average molecular weight is 230 g/mol. The van der Waals surface area contributed by atoms with E-state index in [1.54, 1.807) is 11.7 Å². The lowest BCUT2D eigenvalue weighted by atomic mass is 10.4. The average Bonchev–Trinajstić information content (AvgIpc) is 2.44. The van der Waals surface area contributed by atoms with Crippen molar-refractivity contribution in [2.45, 2.75) is 17.2 Å². The van der Waals surface area contributed by atoms with Crippen molar-refractivity contribution in [2.75, 3.05) is 13.7 Å². The molecule has 1 unspecified atom stereocenters. The molecular formula is C9H14N2O3S. The highest BCUT2D eigenvalue weighted by atomic mass is 32.2. The molecule has 1 aromatic rings. The van der Waals surface area contributed by atoms with Gasteiger partial charge in [-0.1, -0.05) is 11.8 Å². The standard InChI is InChI=1S/C9H14N2O3S/c1-6-4-8(11(2)10-6)15-7(5-14-3)9(12)13/h4,7H,5H2,1-3H3,(H,12,13). The Morgan fingerprint density at radius 3 is 2.87 bits per heavy atom. The van der Waals surface area contributed by atoms with Crippen molar-refractivity contribution >= 4 is 17.7 Å². The van der Waals surface area contributed by atoms with Crippen molar-refractivity contribution in [3.8, 4) is 0 Å². The number of hydrogen-bond donors (Lipinski definition) is 1. The predicted octanol–water partition coefficient (Wildman–Crippen LogP) is 0.920. The van der Waals surface area contributed by atoms with Gasteiger partial charge in [0.15, 0.2) is 0 Å². The van der Waals surface area contributed by atoms with Crippen LogP contribution in [0.5, 0.6) is 0 Å². The molecule has 0 aliphatic rings. The maximum Gasteiger partial charge on any atom is 0.319 e. The number of carbonyl (C=O) groups is 1. The van der Waals surface area contributed by atoms with Gasteiger partial charge < -0.3 is 9.84 Å². The predicted molar refractivity (Wildman–Crippen MR) is 57.1 cm³/mol. The van der Waals surface area contributed by atoms with E-state index in [-0.39, 0.29) is 6.61 Å². The molecule has 84 valence electrons. The van der Waals surface area contributed by atoms with Gasteiger partial charge in [0.25, 0.3) is 0 Å². The molecule has 15 heavy (non-hydrogen) atoms. The zero-order valence-corrected chi connectivity index (χ0v) is 9.74. The molecule has 0 spiro atoms. The first kappa shape index (κ1) is 12.1. The Hall–Kier alpha value is -1.01. The van der Waals surface area contributed by atoms with Crippen LogP contribution >= 0.6 is 11.8 Å². The second-order valence-corrected chi connectivity index (χ2v) is 4.37. The van der Waals surface area contributed by atoms with Crippen LogP contribution in [-0.4, -0.2) is 39.8 Å². The number of hydrogen-bond acceptors (Lipinski definition) is 4. The van der Waals surface area contributed by atoms with E-state index in [1.807, 2.05) is 13.0 Å². The van der Waals surface area contributed by atoms with Crippen LogP contribution in [0.3, 0.4) is 0 Å². The van der Waals surface area contributed by atoms with Gasteiger partial charge in [-0.25, -0.2) is 0 Å². The molecule has 1 N–H and O–H groups in total. The van der Waals surface area contributed by atoms with Gasteiger partial charge in [0.05, 0.1) is 17.3 Å². The highest BCUT2D eigenvalue weighted by Crippen LogP contribution is 2.23. The van der Waals surface area contributed by atoms with Gasteiger partial charge in [0, 0.05) is 14.2 Å². The van der Waals surface area contributed by atoms with E-state index < -0.39 is 11.2 Å². The molecule has 0 saturated heterocycles. The SMILES string of the molecule is COCC(Sc1cc(C)nn1C)C(=O)O. The minimum absolute atomic E-state index is 0.185.